The van der Waals surface area contributed by atoms with Crippen molar-refractivity contribution in [2.24, 2.45) is 5.92 Å². The molecule has 4 N–H and O–H groups in total. The van der Waals surface area contributed by atoms with Gasteiger partial charge in [0.25, 0.3) is 0 Å². The zero-order valence-corrected chi connectivity index (χ0v) is 13.1. The van der Waals surface area contributed by atoms with E-state index in [-0.39, 0.29) is 17.6 Å². The third-order valence-corrected chi connectivity index (χ3v) is 3.89. The normalized spacial score (nSPS) is 16.0. The number of guanidine groups is 2. The highest BCUT2D eigenvalue weighted by Crippen LogP contribution is 2.32. The van der Waals surface area contributed by atoms with E-state index in [1.165, 1.54) is 0 Å². The van der Waals surface area contributed by atoms with Crippen molar-refractivity contribution in [3.05, 3.63) is 29.6 Å². The summed E-state index contributed by atoms with van der Waals surface area (Å²) in [5.74, 6) is -1.09. The molecule has 0 spiro atoms. The zero-order valence-electron chi connectivity index (χ0n) is 13.1. The van der Waals surface area contributed by atoms with Crippen LogP contribution in [0.4, 0.5) is 23.2 Å². The lowest BCUT2D eigenvalue weighted by Crippen LogP contribution is -2.48. The Kier molecular flexibility index (Phi) is 5.30. The van der Waals surface area contributed by atoms with Crippen LogP contribution >= 0.6 is 0 Å². The van der Waals surface area contributed by atoms with E-state index in [0.29, 0.717) is 31.1 Å². The van der Waals surface area contributed by atoms with Gasteiger partial charge in [0.2, 0.25) is 0 Å². The lowest BCUT2D eigenvalue weighted by molar-refractivity contribution is -0.139. The third-order valence-electron chi connectivity index (χ3n) is 3.89. The third kappa shape index (κ3) is 4.59. The van der Waals surface area contributed by atoms with Crippen LogP contribution in [0, 0.1) is 22.6 Å². The molecule has 1 aromatic carbocycles. The molecule has 1 saturated heterocycles. The van der Waals surface area contributed by atoms with Crippen LogP contribution in [-0.4, -0.2) is 29.9 Å². The Balaban J connectivity index is 1.93. The van der Waals surface area contributed by atoms with Crippen LogP contribution < -0.4 is 10.6 Å². The van der Waals surface area contributed by atoms with E-state index in [1.54, 1.807) is 4.90 Å². The molecule has 1 aromatic rings. The number of anilines is 1. The van der Waals surface area contributed by atoms with Gasteiger partial charge in [-0.1, -0.05) is 6.92 Å². The summed E-state index contributed by atoms with van der Waals surface area (Å²) in [6.45, 7) is 3.54. The topological polar surface area (TPSA) is 75.0 Å². The summed E-state index contributed by atoms with van der Waals surface area (Å²) < 4.78 is 51.0. The van der Waals surface area contributed by atoms with Crippen LogP contribution in [0.5, 0.6) is 0 Å². The number of likely N-dealkylation sites (tertiary alicyclic amines) is 1. The Morgan fingerprint density at radius 3 is 2.38 bits per heavy atom. The molecule has 0 amide bonds. The highest BCUT2D eigenvalue weighted by atomic mass is 19.4. The number of hydrogen-bond acceptors (Lipinski definition) is 2. The zero-order chi connectivity index (χ0) is 17.9. The Hall–Kier alpha value is -2.32. The van der Waals surface area contributed by atoms with Crippen LogP contribution in [-0.2, 0) is 6.18 Å². The maximum absolute atomic E-state index is 13.5. The minimum Gasteiger partial charge on any atom is -0.343 e. The molecule has 0 aliphatic carbocycles. The number of hydrogen-bond donors (Lipinski definition) is 4. The van der Waals surface area contributed by atoms with Gasteiger partial charge in [-0.15, -0.1) is 0 Å². The second-order valence-electron chi connectivity index (χ2n) is 5.84. The van der Waals surface area contributed by atoms with Gasteiger partial charge in [0, 0.05) is 18.8 Å². The number of benzene rings is 1. The molecular weight excluding hydrogens is 326 g/mol. The van der Waals surface area contributed by atoms with Crippen molar-refractivity contribution in [3.63, 3.8) is 0 Å². The van der Waals surface area contributed by atoms with Gasteiger partial charge >= 0.3 is 6.18 Å². The molecule has 132 valence electrons. The molecule has 0 unspecified atom stereocenters. The number of nitrogens with one attached hydrogen (secondary N) is 4. The Morgan fingerprint density at radius 2 is 1.83 bits per heavy atom. The van der Waals surface area contributed by atoms with Gasteiger partial charge in [-0.05, 0) is 37.0 Å². The molecule has 1 aliphatic heterocycles. The first-order chi connectivity index (χ1) is 11.2. The maximum atomic E-state index is 13.5. The molecule has 0 radical (unpaired) electrons. The standard InChI is InChI=1S/C15H19F4N5/c1-9-4-6-24(7-5-9)14(21)23-13(20)22-10-2-3-11(12(16)8-10)15(17,18)19/h2-3,8-9H,4-7H2,1H3,(H4,20,21,22,23). The highest BCUT2D eigenvalue weighted by Gasteiger charge is 2.33. The fourth-order valence-electron chi connectivity index (χ4n) is 2.43. The summed E-state index contributed by atoms with van der Waals surface area (Å²) in [6.07, 6.45) is -2.86. The number of nitrogens with zero attached hydrogens (tertiary/aromatic N) is 1. The van der Waals surface area contributed by atoms with Crippen LogP contribution in [0.1, 0.15) is 25.3 Å². The molecule has 2 rings (SSSR count). The van der Waals surface area contributed by atoms with E-state index < -0.39 is 17.6 Å². The van der Waals surface area contributed by atoms with Crippen LogP contribution in [0.15, 0.2) is 18.2 Å². The minimum atomic E-state index is -4.76. The molecule has 1 aliphatic rings. The molecular formula is C15H19F4N5. The van der Waals surface area contributed by atoms with Gasteiger partial charge in [0.05, 0.1) is 5.56 Å². The summed E-state index contributed by atoms with van der Waals surface area (Å²) in [4.78, 5) is 1.78. The van der Waals surface area contributed by atoms with Crippen molar-refractivity contribution in [1.29, 1.82) is 10.8 Å². The van der Waals surface area contributed by atoms with E-state index in [4.69, 9.17) is 10.8 Å². The summed E-state index contributed by atoms with van der Waals surface area (Å²) in [5, 5.41) is 20.6. The first-order valence-corrected chi connectivity index (χ1v) is 7.49. The maximum Gasteiger partial charge on any atom is 0.419 e. The second-order valence-corrected chi connectivity index (χ2v) is 5.84. The molecule has 9 heteroatoms. The van der Waals surface area contributed by atoms with E-state index in [9.17, 15) is 17.6 Å². The molecule has 5 nitrogen and oxygen atoms in total. The summed E-state index contributed by atoms with van der Waals surface area (Å²) >= 11 is 0. The molecule has 1 fully saturated rings. The first kappa shape index (κ1) is 18.0. The average molecular weight is 345 g/mol. The number of halogens is 4. The fourth-order valence-corrected chi connectivity index (χ4v) is 2.43. The van der Waals surface area contributed by atoms with E-state index in [0.717, 1.165) is 18.9 Å². The van der Waals surface area contributed by atoms with Crippen molar-refractivity contribution in [2.45, 2.75) is 25.9 Å². The van der Waals surface area contributed by atoms with Crippen LogP contribution in [0.2, 0.25) is 0 Å². The smallest absolute Gasteiger partial charge is 0.343 e. The highest BCUT2D eigenvalue weighted by molar-refractivity contribution is 6.02. The van der Waals surface area contributed by atoms with Crippen molar-refractivity contribution in [1.82, 2.24) is 10.2 Å². The van der Waals surface area contributed by atoms with Gasteiger partial charge in [0.15, 0.2) is 11.9 Å². The quantitative estimate of drug-likeness (QED) is 0.358. The second kappa shape index (κ2) is 7.06. The minimum absolute atomic E-state index is 0.00179. The predicted molar refractivity (Wildman–Crippen MR) is 83.6 cm³/mol. The Labute approximate surface area is 137 Å². The predicted octanol–water partition coefficient (Wildman–Crippen LogP) is 3.45. The van der Waals surface area contributed by atoms with E-state index in [2.05, 4.69) is 17.6 Å². The molecule has 0 aromatic heterocycles. The average Bonchev–Trinajstić information content (AvgIpc) is 2.46. The van der Waals surface area contributed by atoms with E-state index in [1.807, 2.05) is 0 Å². The number of piperidine rings is 1. The Morgan fingerprint density at radius 1 is 1.21 bits per heavy atom. The summed E-state index contributed by atoms with van der Waals surface area (Å²) in [5.41, 5.74) is -1.36. The van der Waals surface area contributed by atoms with Crippen LogP contribution in [0.25, 0.3) is 0 Å². The molecule has 24 heavy (non-hydrogen) atoms. The first-order valence-electron chi connectivity index (χ1n) is 7.49. The molecule has 0 saturated carbocycles. The van der Waals surface area contributed by atoms with Crippen molar-refractivity contribution in [3.8, 4) is 0 Å². The van der Waals surface area contributed by atoms with Crippen LogP contribution in [0.3, 0.4) is 0 Å². The van der Waals surface area contributed by atoms with Gasteiger partial charge < -0.3 is 10.2 Å². The monoisotopic (exact) mass is 345 g/mol. The van der Waals surface area contributed by atoms with Crippen molar-refractivity contribution >= 4 is 17.6 Å². The Bertz CT molecular complexity index is 621. The number of alkyl halides is 3. The summed E-state index contributed by atoms with van der Waals surface area (Å²) in [7, 11) is 0. The van der Waals surface area contributed by atoms with Crippen molar-refractivity contribution in [2.75, 3.05) is 18.4 Å². The van der Waals surface area contributed by atoms with Gasteiger partial charge in [-0.25, -0.2) is 4.39 Å². The lowest BCUT2D eigenvalue weighted by atomic mass is 10.00. The van der Waals surface area contributed by atoms with Crippen molar-refractivity contribution < 1.29 is 17.6 Å². The summed E-state index contributed by atoms with van der Waals surface area (Å²) in [6, 6.07) is 2.32. The number of rotatable bonds is 1. The van der Waals surface area contributed by atoms with E-state index >= 15 is 0 Å². The van der Waals surface area contributed by atoms with Gasteiger partial charge in [-0.2, -0.15) is 13.2 Å². The molecule has 1 heterocycles. The largest absolute Gasteiger partial charge is 0.419 e. The fraction of sp³-hybridized carbons (Fsp3) is 0.467. The molecule has 0 atom stereocenters. The van der Waals surface area contributed by atoms with Gasteiger partial charge in [-0.3, -0.25) is 16.1 Å². The lowest BCUT2D eigenvalue weighted by Gasteiger charge is -2.32. The SMILES string of the molecule is CC1CCN(C(=N)NC(=N)Nc2ccc(C(F)(F)F)c(F)c2)CC1. The molecule has 0 bridgehead atoms. The van der Waals surface area contributed by atoms with Gasteiger partial charge in [0.1, 0.15) is 5.82 Å².